The van der Waals surface area contributed by atoms with E-state index in [9.17, 15) is 0 Å². The molecule has 0 rings (SSSR count). The molecule has 0 bridgehead atoms. The van der Waals surface area contributed by atoms with Crippen LogP contribution in [0.4, 0.5) is 0 Å². The molecule has 0 N–H and O–H groups in total. The van der Waals surface area contributed by atoms with Crippen LogP contribution in [0.3, 0.4) is 0 Å². The maximum absolute atomic E-state index is 5.45. The van der Waals surface area contributed by atoms with Gasteiger partial charge in [-0.2, -0.15) is 12.6 Å². The molecule has 0 aliphatic rings. The van der Waals surface area contributed by atoms with E-state index >= 15 is 0 Å². The Balaban J connectivity index is 3.84. The highest BCUT2D eigenvalue weighted by Gasteiger charge is 2.24. The standard InChI is InChI=1S/C10H20OS/c1-4-7-11-8-10(5-2,6-3)9-12/h4,12H,1,5-9H2,2-3H3. The fourth-order valence-corrected chi connectivity index (χ4v) is 1.62. The van der Waals surface area contributed by atoms with Gasteiger partial charge in [0.25, 0.3) is 0 Å². The summed E-state index contributed by atoms with van der Waals surface area (Å²) >= 11 is 4.36. The molecule has 0 aliphatic heterocycles. The highest BCUT2D eigenvalue weighted by molar-refractivity contribution is 7.80. The van der Waals surface area contributed by atoms with Crippen molar-refractivity contribution in [1.29, 1.82) is 0 Å². The topological polar surface area (TPSA) is 9.23 Å². The summed E-state index contributed by atoms with van der Waals surface area (Å²) < 4.78 is 5.45. The van der Waals surface area contributed by atoms with Crippen molar-refractivity contribution < 1.29 is 4.74 Å². The second-order valence-corrected chi connectivity index (χ2v) is 3.49. The normalized spacial score (nSPS) is 11.6. The van der Waals surface area contributed by atoms with E-state index in [4.69, 9.17) is 4.74 Å². The number of hydrogen-bond donors (Lipinski definition) is 1. The van der Waals surface area contributed by atoms with Crippen LogP contribution in [0.15, 0.2) is 12.7 Å². The molecule has 1 nitrogen and oxygen atoms in total. The minimum atomic E-state index is 0.270. The van der Waals surface area contributed by atoms with Gasteiger partial charge < -0.3 is 4.74 Å². The average molecular weight is 188 g/mol. The number of ether oxygens (including phenoxy) is 1. The van der Waals surface area contributed by atoms with Crippen LogP contribution in [-0.4, -0.2) is 19.0 Å². The minimum absolute atomic E-state index is 0.270. The van der Waals surface area contributed by atoms with Crippen LogP contribution in [0, 0.1) is 5.41 Å². The van der Waals surface area contributed by atoms with Crippen LogP contribution in [0.5, 0.6) is 0 Å². The van der Waals surface area contributed by atoms with E-state index in [1.807, 2.05) is 0 Å². The summed E-state index contributed by atoms with van der Waals surface area (Å²) in [6.45, 7) is 9.45. The maximum atomic E-state index is 5.45. The van der Waals surface area contributed by atoms with Crippen LogP contribution in [0.25, 0.3) is 0 Å². The highest BCUT2D eigenvalue weighted by atomic mass is 32.1. The van der Waals surface area contributed by atoms with Gasteiger partial charge in [-0.05, 0) is 18.6 Å². The first-order valence-electron chi connectivity index (χ1n) is 4.54. The van der Waals surface area contributed by atoms with E-state index in [1.165, 1.54) is 0 Å². The lowest BCUT2D eigenvalue weighted by atomic mass is 9.85. The molecule has 0 saturated heterocycles. The fraction of sp³-hybridized carbons (Fsp3) is 0.800. The zero-order chi connectivity index (χ0) is 9.45. The van der Waals surface area contributed by atoms with E-state index < -0.39 is 0 Å². The smallest absolute Gasteiger partial charge is 0.0645 e. The van der Waals surface area contributed by atoms with E-state index in [1.54, 1.807) is 6.08 Å². The van der Waals surface area contributed by atoms with Crippen LogP contribution < -0.4 is 0 Å². The van der Waals surface area contributed by atoms with Gasteiger partial charge in [0.05, 0.1) is 13.2 Å². The molecule has 12 heavy (non-hydrogen) atoms. The minimum Gasteiger partial charge on any atom is -0.377 e. The Kier molecular flexibility index (Phi) is 6.58. The maximum Gasteiger partial charge on any atom is 0.0645 e. The Labute approximate surface area is 81.6 Å². The van der Waals surface area contributed by atoms with Gasteiger partial charge in [-0.15, -0.1) is 6.58 Å². The molecule has 0 aromatic rings. The Hall–Kier alpha value is 0.0500. The van der Waals surface area contributed by atoms with Crippen LogP contribution in [0.1, 0.15) is 26.7 Å². The van der Waals surface area contributed by atoms with Crippen LogP contribution >= 0.6 is 12.6 Å². The van der Waals surface area contributed by atoms with Gasteiger partial charge in [0.15, 0.2) is 0 Å². The van der Waals surface area contributed by atoms with Crippen molar-refractivity contribution in [3.05, 3.63) is 12.7 Å². The molecule has 0 radical (unpaired) electrons. The summed E-state index contributed by atoms with van der Waals surface area (Å²) in [7, 11) is 0. The Bertz CT molecular complexity index is 111. The van der Waals surface area contributed by atoms with Crippen molar-refractivity contribution in [3.8, 4) is 0 Å². The SMILES string of the molecule is C=CCOCC(CC)(CC)CS. The Morgan fingerprint density at radius 2 is 2.00 bits per heavy atom. The zero-order valence-electron chi connectivity index (χ0n) is 8.18. The lowest BCUT2D eigenvalue weighted by Gasteiger charge is -2.29. The lowest BCUT2D eigenvalue weighted by molar-refractivity contribution is 0.0681. The van der Waals surface area contributed by atoms with Gasteiger partial charge in [0.2, 0.25) is 0 Å². The van der Waals surface area contributed by atoms with Crippen molar-refractivity contribution in [2.24, 2.45) is 5.41 Å². The monoisotopic (exact) mass is 188 g/mol. The van der Waals surface area contributed by atoms with E-state index in [0.717, 1.165) is 25.2 Å². The molecule has 72 valence electrons. The summed E-state index contributed by atoms with van der Waals surface area (Å²) in [4.78, 5) is 0. The molecule has 0 aliphatic carbocycles. The third kappa shape index (κ3) is 3.63. The summed E-state index contributed by atoms with van der Waals surface area (Å²) in [6, 6.07) is 0. The van der Waals surface area contributed by atoms with E-state index in [2.05, 4.69) is 33.1 Å². The van der Waals surface area contributed by atoms with Gasteiger partial charge in [0.1, 0.15) is 0 Å². The number of thiol groups is 1. The van der Waals surface area contributed by atoms with Crippen molar-refractivity contribution in [3.63, 3.8) is 0 Å². The van der Waals surface area contributed by atoms with Crippen molar-refractivity contribution in [2.45, 2.75) is 26.7 Å². The summed E-state index contributed by atoms with van der Waals surface area (Å²) in [5.74, 6) is 0.900. The Morgan fingerprint density at radius 1 is 1.42 bits per heavy atom. The van der Waals surface area contributed by atoms with Crippen molar-refractivity contribution in [2.75, 3.05) is 19.0 Å². The average Bonchev–Trinajstić information content (AvgIpc) is 2.14. The molecule has 0 amide bonds. The van der Waals surface area contributed by atoms with Gasteiger partial charge in [-0.3, -0.25) is 0 Å². The van der Waals surface area contributed by atoms with Crippen molar-refractivity contribution in [1.82, 2.24) is 0 Å². The van der Waals surface area contributed by atoms with Crippen LogP contribution in [0.2, 0.25) is 0 Å². The van der Waals surface area contributed by atoms with E-state index in [-0.39, 0.29) is 5.41 Å². The molecule has 0 aromatic carbocycles. The predicted octanol–water partition coefficient (Wildman–Crippen LogP) is 2.93. The molecule has 0 spiro atoms. The van der Waals surface area contributed by atoms with Crippen LogP contribution in [-0.2, 0) is 4.74 Å². The lowest BCUT2D eigenvalue weighted by Crippen LogP contribution is -2.27. The fourth-order valence-electron chi connectivity index (χ4n) is 1.08. The second kappa shape index (κ2) is 6.55. The molecule has 0 heterocycles. The predicted molar refractivity (Wildman–Crippen MR) is 57.9 cm³/mol. The molecule has 0 unspecified atom stereocenters. The Morgan fingerprint density at radius 3 is 2.33 bits per heavy atom. The van der Waals surface area contributed by atoms with Gasteiger partial charge in [0, 0.05) is 5.41 Å². The van der Waals surface area contributed by atoms with Gasteiger partial charge in [-0.25, -0.2) is 0 Å². The third-order valence-electron chi connectivity index (χ3n) is 2.48. The summed E-state index contributed by atoms with van der Waals surface area (Å²) in [5, 5.41) is 0. The first-order chi connectivity index (χ1) is 5.74. The van der Waals surface area contributed by atoms with Gasteiger partial charge >= 0.3 is 0 Å². The van der Waals surface area contributed by atoms with Gasteiger partial charge in [-0.1, -0.05) is 19.9 Å². The molecule has 2 heteroatoms. The first-order valence-corrected chi connectivity index (χ1v) is 5.17. The van der Waals surface area contributed by atoms with E-state index in [0.29, 0.717) is 6.61 Å². The summed E-state index contributed by atoms with van der Waals surface area (Å²) in [5.41, 5.74) is 0.270. The largest absolute Gasteiger partial charge is 0.377 e. The zero-order valence-corrected chi connectivity index (χ0v) is 9.07. The quantitative estimate of drug-likeness (QED) is 0.367. The molecule has 0 aromatic heterocycles. The molecule has 0 fully saturated rings. The number of rotatable bonds is 7. The first kappa shape index (κ1) is 12.0. The number of hydrogen-bond acceptors (Lipinski definition) is 2. The molecule has 0 saturated carbocycles. The molecular weight excluding hydrogens is 168 g/mol. The highest BCUT2D eigenvalue weighted by Crippen LogP contribution is 2.27. The summed E-state index contributed by atoms with van der Waals surface area (Å²) in [6.07, 6.45) is 4.04. The molecule has 0 atom stereocenters. The second-order valence-electron chi connectivity index (χ2n) is 3.17. The third-order valence-corrected chi connectivity index (χ3v) is 3.15. The molecular formula is C10H20OS. The van der Waals surface area contributed by atoms with Crippen molar-refractivity contribution >= 4 is 12.6 Å².